The summed E-state index contributed by atoms with van der Waals surface area (Å²) in [5.41, 5.74) is 2.70. The molecular weight excluding hydrogens is 553 g/mol. The van der Waals surface area contributed by atoms with E-state index in [1.165, 1.54) is 0 Å². The SMILES string of the molecule is Cc1ccc(C(O)C(=O)N[C@@H](Cc2cc(F)cc(F)c2)[C@@H](O)CNCc2cccc(I)c2)cc1. The molecule has 0 aliphatic rings. The van der Waals surface area contributed by atoms with Crippen molar-refractivity contribution in [3.05, 3.63) is 104 Å². The molecule has 34 heavy (non-hydrogen) atoms. The summed E-state index contributed by atoms with van der Waals surface area (Å²) in [6.45, 7) is 2.51. The summed E-state index contributed by atoms with van der Waals surface area (Å²) in [5, 5.41) is 27.1. The van der Waals surface area contributed by atoms with E-state index in [0.29, 0.717) is 12.1 Å². The lowest BCUT2D eigenvalue weighted by atomic mass is 9.99. The minimum Gasteiger partial charge on any atom is -0.390 e. The van der Waals surface area contributed by atoms with Crippen LogP contribution < -0.4 is 10.6 Å². The van der Waals surface area contributed by atoms with Gasteiger partial charge in [0.15, 0.2) is 6.10 Å². The first-order chi connectivity index (χ1) is 16.2. The van der Waals surface area contributed by atoms with E-state index in [1.807, 2.05) is 31.2 Å². The Labute approximate surface area is 211 Å². The Balaban J connectivity index is 1.70. The van der Waals surface area contributed by atoms with Gasteiger partial charge in [0.05, 0.1) is 12.1 Å². The molecule has 0 aliphatic heterocycles. The number of aliphatic hydroxyl groups is 2. The molecule has 0 fully saturated rings. The minimum absolute atomic E-state index is 0.0207. The average molecular weight is 580 g/mol. The number of rotatable bonds is 10. The highest BCUT2D eigenvalue weighted by Crippen LogP contribution is 2.16. The highest BCUT2D eigenvalue weighted by molar-refractivity contribution is 14.1. The molecule has 180 valence electrons. The molecule has 0 radical (unpaired) electrons. The first-order valence-corrected chi connectivity index (χ1v) is 11.9. The zero-order valence-electron chi connectivity index (χ0n) is 18.6. The molecule has 0 aliphatic carbocycles. The molecule has 0 saturated heterocycles. The van der Waals surface area contributed by atoms with E-state index < -0.39 is 35.8 Å². The van der Waals surface area contributed by atoms with Crippen LogP contribution in [0.5, 0.6) is 0 Å². The van der Waals surface area contributed by atoms with Gasteiger partial charge in [0, 0.05) is 22.7 Å². The largest absolute Gasteiger partial charge is 0.390 e. The Bertz CT molecular complexity index is 1090. The van der Waals surface area contributed by atoms with Gasteiger partial charge in [-0.15, -0.1) is 0 Å². The quantitative estimate of drug-likeness (QED) is 0.275. The second-order valence-corrected chi connectivity index (χ2v) is 9.48. The normalized spacial score (nSPS) is 13.8. The van der Waals surface area contributed by atoms with Crippen molar-refractivity contribution >= 4 is 28.5 Å². The van der Waals surface area contributed by atoms with Gasteiger partial charge < -0.3 is 20.8 Å². The molecule has 3 rings (SSSR count). The van der Waals surface area contributed by atoms with Gasteiger partial charge in [0.2, 0.25) is 0 Å². The van der Waals surface area contributed by atoms with Crippen LogP contribution in [0.1, 0.15) is 28.4 Å². The maximum absolute atomic E-state index is 13.7. The molecule has 1 unspecified atom stereocenters. The van der Waals surface area contributed by atoms with E-state index in [4.69, 9.17) is 0 Å². The number of carbonyl (C=O) groups excluding carboxylic acids is 1. The number of carbonyl (C=O) groups is 1. The van der Waals surface area contributed by atoms with E-state index in [0.717, 1.165) is 32.9 Å². The molecule has 4 N–H and O–H groups in total. The first-order valence-electron chi connectivity index (χ1n) is 10.8. The van der Waals surface area contributed by atoms with E-state index in [1.54, 1.807) is 24.3 Å². The summed E-state index contributed by atoms with van der Waals surface area (Å²) < 4.78 is 28.5. The second kappa shape index (κ2) is 12.3. The molecule has 0 saturated carbocycles. The Morgan fingerprint density at radius 1 is 0.971 bits per heavy atom. The molecule has 1 amide bonds. The molecule has 0 bridgehead atoms. The lowest BCUT2D eigenvalue weighted by Crippen LogP contribution is -2.50. The fourth-order valence-corrected chi connectivity index (χ4v) is 4.19. The van der Waals surface area contributed by atoms with Crippen molar-refractivity contribution in [3.8, 4) is 0 Å². The van der Waals surface area contributed by atoms with Crippen molar-refractivity contribution in [1.29, 1.82) is 0 Å². The maximum Gasteiger partial charge on any atom is 0.253 e. The van der Waals surface area contributed by atoms with Gasteiger partial charge >= 0.3 is 0 Å². The van der Waals surface area contributed by atoms with Crippen molar-refractivity contribution in [3.63, 3.8) is 0 Å². The first kappa shape index (κ1) is 26.2. The van der Waals surface area contributed by atoms with E-state index in [9.17, 15) is 23.8 Å². The van der Waals surface area contributed by atoms with E-state index in [2.05, 4.69) is 33.2 Å². The monoisotopic (exact) mass is 580 g/mol. The molecule has 3 aromatic rings. The van der Waals surface area contributed by atoms with Gasteiger partial charge in [0.25, 0.3) is 5.91 Å². The Morgan fingerprint density at radius 2 is 1.65 bits per heavy atom. The summed E-state index contributed by atoms with van der Waals surface area (Å²) in [6.07, 6.45) is -2.55. The number of benzene rings is 3. The predicted octanol–water partition coefficient (Wildman–Crippen LogP) is 3.79. The van der Waals surface area contributed by atoms with Gasteiger partial charge in [-0.05, 0) is 76.9 Å². The van der Waals surface area contributed by atoms with Crippen molar-refractivity contribution in [2.45, 2.75) is 38.1 Å². The number of aliphatic hydroxyl groups excluding tert-OH is 2. The number of aryl methyl sites for hydroxylation is 1. The van der Waals surface area contributed by atoms with Gasteiger partial charge in [0.1, 0.15) is 11.6 Å². The van der Waals surface area contributed by atoms with Crippen LogP contribution in [0.4, 0.5) is 8.78 Å². The Kier molecular flexibility index (Phi) is 9.52. The molecule has 3 atom stereocenters. The zero-order chi connectivity index (χ0) is 24.7. The van der Waals surface area contributed by atoms with E-state index >= 15 is 0 Å². The third-order valence-electron chi connectivity index (χ3n) is 5.38. The van der Waals surface area contributed by atoms with Crippen LogP contribution in [-0.2, 0) is 17.8 Å². The highest BCUT2D eigenvalue weighted by atomic mass is 127. The van der Waals surface area contributed by atoms with E-state index in [-0.39, 0.29) is 18.5 Å². The molecule has 3 aromatic carbocycles. The number of nitrogens with one attached hydrogen (secondary N) is 2. The Hall–Kier alpha value is -2.40. The summed E-state index contributed by atoms with van der Waals surface area (Å²) in [6, 6.07) is 16.9. The fourth-order valence-electron chi connectivity index (χ4n) is 3.58. The molecule has 0 heterocycles. The summed E-state index contributed by atoms with van der Waals surface area (Å²) >= 11 is 2.21. The molecule has 8 heteroatoms. The predicted molar refractivity (Wildman–Crippen MR) is 135 cm³/mol. The van der Waals surface area contributed by atoms with Crippen LogP contribution in [-0.4, -0.2) is 34.8 Å². The fraction of sp³-hybridized carbons (Fsp3) is 0.269. The third-order valence-corrected chi connectivity index (χ3v) is 6.05. The highest BCUT2D eigenvalue weighted by Gasteiger charge is 2.26. The van der Waals surface area contributed by atoms with Gasteiger partial charge in [-0.2, -0.15) is 0 Å². The van der Waals surface area contributed by atoms with Crippen LogP contribution in [0, 0.1) is 22.1 Å². The van der Waals surface area contributed by atoms with Crippen LogP contribution in [0.15, 0.2) is 66.7 Å². The number of hydrogen-bond donors (Lipinski definition) is 4. The molecule has 0 aromatic heterocycles. The van der Waals surface area contributed by atoms with Crippen LogP contribution in [0.3, 0.4) is 0 Å². The maximum atomic E-state index is 13.7. The second-order valence-electron chi connectivity index (χ2n) is 8.24. The average Bonchev–Trinajstić information content (AvgIpc) is 2.78. The lowest BCUT2D eigenvalue weighted by Gasteiger charge is -2.26. The van der Waals surface area contributed by atoms with Crippen molar-refractivity contribution in [2.24, 2.45) is 0 Å². The van der Waals surface area contributed by atoms with Gasteiger partial charge in [-0.1, -0.05) is 42.0 Å². The summed E-state index contributed by atoms with van der Waals surface area (Å²) in [5.74, 6) is -2.19. The van der Waals surface area contributed by atoms with Crippen LogP contribution >= 0.6 is 22.6 Å². The summed E-state index contributed by atoms with van der Waals surface area (Å²) in [7, 11) is 0. The van der Waals surface area contributed by atoms with Crippen molar-refractivity contribution in [2.75, 3.05) is 6.54 Å². The van der Waals surface area contributed by atoms with Crippen molar-refractivity contribution in [1.82, 2.24) is 10.6 Å². The smallest absolute Gasteiger partial charge is 0.253 e. The minimum atomic E-state index is -1.45. The molecular formula is C26H27F2IN2O3. The zero-order valence-corrected chi connectivity index (χ0v) is 20.8. The number of halogens is 3. The molecule has 0 spiro atoms. The van der Waals surface area contributed by atoms with Crippen molar-refractivity contribution < 1.29 is 23.8 Å². The topological polar surface area (TPSA) is 81.6 Å². The standard InChI is InChI=1S/C26H27F2IN2O3/c1-16-5-7-19(8-6-16)25(33)26(34)31-23(12-18-9-20(27)13-21(28)10-18)24(32)15-30-14-17-3-2-4-22(29)11-17/h2-11,13,23-25,30,32-33H,12,14-15H2,1H3,(H,31,34)/t23-,24-,25?/m0/s1. The van der Waals surface area contributed by atoms with Crippen LogP contribution in [0.2, 0.25) is 0 Å². The number of amides is 1. The lowest BCUT2D eigenvalue weighted by molar-refractivity contribution is -0.131. The Morgan fingerprint density at radius 3 is 2.29 bits per heavy atom. The number of hydrogen-bond acceptors (Lipinski definition) is 4. The molecule has 5 nitrogen and oxygen atoms in total. The third kappa shape index (κ3) is 7.83. The van der Waals surface area contributed by atoms with Gasteiger partial charge in [-0.25, -0.2) is 8.78 Å². The summed E-state index contributed by atoms with van der Waals surface area (Å²) in [4.78, 5) is 12.8. The van der Waals surface area contributed by atoms with Gasteiger partial charge in [-0.3, -0.25) is 4.79 Å². The van der Waals surface area contributed by atoms with Crippen LogP contribution in [0.25, 0.3) is 0 Å².